The average Bonchev–Trinajstić information content (AvgIpc) is 2.80. The van der Waals surface area contributed by atoms with Crippen molar-refractivity contribution >= 4 is 68.4 Å². The van der Waals surface area contributed by atoms with Gasteiger partial charge >= 0.3 is 0 Å². The molecular weight excluding hydrogens is 642 g/mol. The lowest BCUT2D eigenvalue weighted by molar-refractivity contribution is 0.101. The van der Waals surface area contributed by atoms with Crippen molar-refractivity contribution in [2.45, 2.75) is 0 Å². The zero-order valence-corrected chi connectivity index (χ0v) is 21.5. The molecular formula is C26H18I2N2O3. The fraction of sp³-hybridized carbons (Fsp3) is 0. The number of nitrogens with one attached hydrogen (secondary N) is 2. The van der Waals surface area contributed by atoms with Crippen molar-refractivity contribution in [3.63, 3.8) is 0 Å². The van der Waals surface area contributed by atoms with Crippen molar-refractivity contribution in [2.24, 2.45) is 0 Å². The van der Waals surface area contributed by atoms with E-state index in [1.165, 1.54) is 0 Å². The maximum absolute atomic E-state index is 12.5. The van der Waals surface area contributed by atoms with Crippen molar-refractivity contribution in [1.29, 1.82) is 0 Å². The molecule has 0 aromatic heterocycles. The third-order valence-electron chi connectivity index (χ3n) is 4.63. The Bertz CT molecular complexity index is 1190. The monoisotopic (exact) mass is 660 g/mol. The fourth-order valence-electron chi connectivity index (χ4n) is 3.02. The van der Waals surface area contributed by atoms with E-state index >= 15 is 0 Å². The zero-order chi connectivity index (χ0) is 23.2. The van der Waals surface area contributed by atoms with Gasteiger partial charge in [-0.05, 0) is 130 Å². The summed E-state index contributed by atoms with van der Waals surface area (Å²) in [5, 5.41) is 5.77. The van der Waals surface area contributed by atoms with Gasteiger partial charge in [0.25, 0.3) is 11.8 Å². The second kappa shape index (κ2) is 10.8. The summed E-state index contributed by atoms with van der Waals surface area (Å²) >= 11 is 4.41. The van der Waals surface area contributed by atoms with E-state index < -0.39 is 0 Å². The molecule has 33 heavy (non-hydrogen) atoms. The zero-order valence-electron chi connectivity index (χ0n) is 17.2. The average molecular weight is 660 g/mol. The van der Waals surface area contributed by atoms with E-state index in [9.17, 15) is 9.59 Å². The van der Waals surface area contributed by atoms with Crippen LogP contribution in [0.4, 0.5) is 11.4 Å². The summed E-state index contributed by atoms with van der Waals surface area (Å²) in [5.74, 6) is 0.813. The van der Waals surface area contributed by atoms with Gasteiger partial charge in [0.1, 0.15) is 11.5 Å². The standard InChI is InChI=1S/C26H18I2N2O3/c27-19-3-1-5-21(15-19)29-25(31)17-7-11-23(12-8-17)33-24-13-9-18(10-14-24)26(32)30-22-6-2-4-20(28)16-22/h1-16H,(H,29,31)(H,30,32). The van der Waals surface area contributed by atoms with Gasteiger partial charge in [-0.15, -0.1) is 0 Å². The summed E-state index contributed by atoms with van der Waals surface area (Å²) in [5.41, 5.74) is 2.56. The third-order valence-corrected chi connectivity index (χ3v) is 5.98. The molecule has 0 heterocycles. The van der Waals surface area contributed by atoms with Crippen molar-refractivity contribution in [3.05, 3.63) is 115 Å². The van der Waals surface area contributed by atoms with Crippen LogP contribution in [0, 0.1) is 7.14 Å². The van der Waals surface area contributed by atoms with E-state index in [1.54, 1.807) is 48.5 Å². The molecule has 0 aliphatic carbocycles. The molecule has 0 fully saturated rings. The largest absolute Gasteiger partial charge is 0.457 e. The van der Waals surface area contributed by atoms with Crippen LogP contribution >= 0.6 is 45.2 Å². The highest BCUT2D eigenvalue weighted by molar-refractivity contribution is 14.1. The van der Waals surface area contributed by atoms with Gasteiger partial charge in [0.05, 0.1) is 0 Å². The first kappa shape index (κ1) is 23.2. The van der Waals surface area contributed by atoms with Gasteiger partial charge in [-0.1, -0.05) is 12.1 Å². The number of hydrogen-bond acceptors (Lipinski definition) is 3. The lowest BCUT2D eigenvalue weighted by atomic mass is 10.2. The van der Waals surface area contributed by atoms with Crippen LogP contribution in [0.3, 0.4) is 0 Å². The number of carbonyl (C=O) groups excluding carboxylic acids is 2. The maximum Gasteiger partial charge on any atom is 0.255 e. The number of hydrogen-bond donors (Lipinski definition) is 2. The lowest BCUT2D eigenvalue weighted by Crippen LogP contribution is -2.11. The Labute approximate surface area is 218 Å². The molecule has 7 heteroatoms. The summed E-state index contributed by atoms with van der Waals surface area (Å²) in [6.07, 6.45) is 0. The molecule has 5 nitrogen and oxygen atoms in total. The topological polar surface area (TPSA) is 67.4 Å². The van der Waals surface area contributed by atoms with Crippen LogP contribution in [0.1, 0.15) is 20.7 Å². The normalized spacial score (nSPS) is 10.4. The van der Waals surface area contributed by atoms with E-state index in [1.807, 2.05) is 48.5 Å². The first-order valence-corrected chi connectivity index (χ1v) is 12.1. The van der Waals surface area contributed by atoms with E-state index in [0.717, 1.165) is 18.5 Å². The minimum atomic E-state index is -0.188. The molecule has 0 bridgehead atoms. The van der Waals surface area contributed by atoms with Crippen molar-refractivity contribution < 1.29 is 14.3 Å². The van der Waals surface area contributed by atoms with Gasteiger partial charge in [0.15, 0.2) is 0 Å². The molecule has 4 aromatic carbocycles. The molecule has 0 spiro atoms. The second-order valence-corrected chi connectivity index (χ2v) is 9.57. The van der Waals surface area contributed by atoms with Crippen LogP contribution in [-0.4, -0.2) is 11.8 Å². The molecule has 0 aliphatic heterocycles. The van der Waals surface area contributed by atoms with Gasteiger partial charge in [-0.2, -0.15) is 0 Å². The van der Waals surface area contributed by atoms with E-state index in [2.05, 4.69) is 55.8 Å². The first-order chi connectivity index (χ1) is 16.0. The fourth-order valence-corrected chi connectivity index (χ4v) is 4.11. The molecule has 0 unspecified atom stereocenters. The van der Waals surface area contributed by atoms with Crippen LogP contribution in [0.25, 0.3) is 0 Å². The maximum atomic E-state index is 12.5. The summed E-state index contributed by atoms with van der Waals surface area (Å²) in [6, 6.07) is 29.0. The Balaban J connectivity index is 1.36. The molecule has 0 saturated heterocycles. The van der Waals surface area contributed by atoms with Crippen LogP contribution in [0.15, 0.2) is 97.1 Å². The number of amides is 2. The molecule has 164 valence electrons. The minimum absolute atomic E-state index is 0.188. The van der Waals surface area contributed by atoms with Crippen molar-refractivity contribution in [3.8, 4) is 11.5 Å². The molecule has 2 N–H and O–H groups in total. The van der Waals surface area contributed by atoms with Crippen LogP contribution in [0.5, 0.6) is 11.5 Å². The second-order valence-electron chi connectivity index (χ2n) is 7.08. The Morgan fingerprint density at radius 3 is 1.33 bits per heavy atom. The molecule has 2 amide bonds. The SMILES string of the molecule is O=C(Nc1cccc(I)c1)c1ccc(Oc2ccc(C(=O)Nc3cccc(I)c3)cc2)cc1. The van der Waals surface area contributed by atoms with Gasteiger partial charge in [-0.3, -0.25) is 9.59 Å². The van der Waals surface area contributed by atoms with Crippen molar-refractivity contribution in [2.75, 3.05) is 10.6 Å². The van der Waals surface area contributed by atoms with Gasteiger partial charge in [0, 0.05) is 29.6 Å². The van der Waals surface area contributed by atoms with Crippen LogP contribution in [-0.2, 0) is 0 Å². The molecule has 0 saturated carbocycles. The minimum Gasteiger partial charge on any atom is -0.457 e. The predicted octanol–water partition coefficient (Wildman–Crippen LogP) is 7.19. The number of benzene rings is 4. The van der Waals surface area contributed by atoms with Crippen LogP contribution < -0.4 is 15.4 Å². The summed E-state index contributed by atoms with van der Waals surface area (Å²) in [7, 11) is 0. The van der Waals surface area contributed by atoms with Gasteiger partial charge < -0.3 is 15.4 Å². The number of ether oxygens (including phenoxy) is 1. The van der Waals surface area contributed by atoms with Crippen LogP contribution in [0.2, 0.25) is 0 Å². The summed E-state index contributed by atoms with van der Waals surface area (Å²) < 4.78 is 7.95. The highest BCUT2D eigenvalue weighted by Gasteiger charge is 2.09. The van der Waals surface area contributed by atoms with E-state index in [0.29, 0.717) is 22.6 Å². The Kier molecular flexibility index (Phi) is 7.61. The molecule has 0 radical (unpaired) electrons. The molecule has 0 aliphatic rings. The molecule has 4 aromatic rings. The Hall–Kier alpha value is -2.92. The molecule has 4 rings (SSSR count). The van der Waals surface area contributed by atoms with Gasteiger partial charge in [0.2, 0.25) is 0 Å². The summed E-state index contributed by atoms with van der Waals surface area (Å²) in [6.45, 7) is 0. The number of halogens is 2. The smallest absolute Gasteiger partial charge is 0.255 e. The van der Waals surface area contributed by atoms with E-state index in [4.69, 9.17) is 4.74 Å². The van der Waals surface area contributed by atoms with Crippen molar-refractivity contribution in [1.82, 2.24) is 0 Å². The molecule has 0 atom stereocenters. The number of rotatable bonds is 6. The Morgan fingerprint density at radius 1 is 0.576 bits per heavy atom. The third kappa shape index (κ3) is 6.55. The first-order valence-electron chi connectivity index (χ1n) is 9.98. The Morgan fingerprint density at radius 2 is 0.970 bits per heavy atom. The van der Waals surface area contributed by atoms with E-state index in [-0.39, 0.29) is 11.8 Å². The lowest BCUT2D eigenvalue weighted by Gasteiger charge is -2.09. The van der Waals surface area contributed by atoms with Gasteiger partial charge in [-0.25, -0.2) is 0 Å². The highest BCUT2D eigenvalue weighted by atomic mass is 127. The highest BCUT2D eigenvalue weighted by Crippen LogP contribution is 2.23. The quantitative estimate of drug-likeness (QED) is 0.215. The number of anilines is 2. The number of carbonyl (C=O) groups is 2. The predicted molar refractivity (Wildman–Crippen MR) is 147 cm³/mol. The summed E-state index contributed by atoms with van der Waals surface area (Å²) in [4.78, 5) is 24.9.